The maximum Gasteiger partial charge on any atom is 0.228 e. The minimum Gasteiger partial charge on any atom is -0.324 e. The predicted molar refractivity (Wildman–Crippen MR) is 82.6 cm³/mol. The molecule has 6 heteroatoms. The minimum absolute atomic E-state index is 0.411. The Labute approximate surface area is 125 Å². The molecule has 2 aromatic heterocycles. The highest BCUT2D eigenvalue weighted by Gasteiger charge is 2.04. The number of anilines is 2. The summed E-state index contributed by atoms with van der Waals surface area (Å²) in [5, 5.41) is 6.64. The van der Waals surface area contributed by atoms with Crippen LogP contribution >= 0.6 is 22.9 Å². The molecule has 0 spiro atoms. The fourth-order valence-corrected chi connectivity index (χ4v) is 2.54. The smallest absolute Gasteiger partial charge is 0.228 e. The lowest BCUT2D eigenvalue weighted by Gasteiger charge is -2.06. The van der Waals surface area contributed by atoms with Gasteiger partial charge in [-0.25, -0.2) is 15.0 Å². The van der Waals surface area contributed by atoms with E-state index in [1.807, 2.05) is 36.6 Å². The molecule has 100 valence electrons. The quantitative estimate of drug-likeness (QED) is 0.733. The molecule has 1 aromatic carbocycles. The van der Waals surface area contributed by atoms with E-state index in [1.165, 1.54) is 0 Å². The van der Waals surface area contributed by atoms with Gasteiger partial charge in [-0.05, 0) is 25.1 Å². The normalized spacial score (nSPS) is 10.5. The van der Waals surface area contributed by atoms with E-state index in [0.717, 1.165) is 22.0 Å². The summed E-state index contributed by atoms with van der Waals surface area (Å²) >= 11 is 7.48. The molecule has 0 bridgehead atoms. The van der Waals surface area contributed by atoms with E-state index in [-0.39, 0.29) is 0 Å². The Morgan fingerprint density at radius 3 is 2.85 bits per heavy atom. The number of rotatable bonds is 3. The van der Waals surface area contributed by atoms with Gasteiger partial charge in [0.25, 0.3) is 0 Å². The van der Waals surface area contributed by atoms with Gasteiger partial charge in [-0.15, -0.1) is 11.3 Å². The van der Waals surface area contributed by atoms with Crippen molar-refractivity contribution in [3.8, 4) is 11.3 Å². The highest BCUT2D eigenvalue weighted by molar-refractivity contribution is 7.09. The summed E-state index contributed by atoms with van der Waals surface area (Å²) in [6.07, 6.45) is 1.62. The largest absolute Gasteiger partial charge is 0.324 e. The number of thiazole rings is 1. The second kappa shape index (κ2) is 5.56. The van der Waals surface area contributed by atoms with E-state index in [2.05, 4.69) is 20.3 Å². The Morgan fingerprint density at radius 1 is 1.20 bits per heavy atom. The molecule has 0 aliphatic rings. The van der Waals surface area contributed by atoms with Crippen molar-refractivity contribution in [2.24, 2.45) is 0 Å². The summed E-state index contributed by atoms with van der Waals surface area (Å²) < 4.78 is 0. The monoisotopic (exact) mass is 302 g/mol. The molecule has 20 heavy (non-hydrogen) atoms. The highest BCUT2D eigenvalue weighted by atomic mass is 35.5. The zero-order valence-corrected chi connectivity index (χ0v) is 12.2. The first-order valence-corrected chi connectivity index (χ1v) is 7.24. The summed E-state index contributed by atoms with van der Waals surface area (Å²) in [6, 6.07) is 9.60. The van der Waals surface area contributed by atoms with Crippen molar-refractivity contribution in [1.29, 1.82) is 0 Å². The molecule has 3 rings (SSSR count). The second-order valence-electron chi connectivity index (χ2n) is 4.16. The van der Waals surface area contributed by atoms with Crippen LogP contribution < -0.4 is 5.32 Å². The van der Waals surface area contributed by atoms with Gasteiger partial charge >= 0.3 is 0 Å². The van der Waals surface area contributed by atoms with E-state index in [1.54, 1.807) is 23.6 Å². The zero-order chi connectivity index (χ0) is 13.9. The Kier molecular flexibility index (Phi) is 3.62. The van der Waals surface area contributed by atoms with Crippen LogP contribution in [0.5, 0.6) is 0 Å². The molecule has 0 saturated heterocycles. The number of aryl methyl sites for hydroxylation is 1. The van der Waals surface area contributed by atoms with Crippen molar-refractivity contribution in [1.82, 2.24) is 15.0 Å². The average Bonchev–Trinajstić information content (AvgIpc) is 2.86. The molecule has 0 amide bonds. The van der Waals surface area contributed by atoms with Crippen molar-refractivity contribution in [2.75, 3.05) is 5.32 Å². The molecular weight excluding hydrogens is 292 g/mol. The molecule has 0 saturated carbocycles. The van der Waals surface area contributed by atoms with Crippen molar-refractivity contribution >= 4 is 34.6 Å². The predicted octanol–water partition coefficient (Wildman–Crippen LogP) is 4.31. The summed E-state index contributed by atoms with van der Waals surface area (Å²) in [4.78, 5) is 12.7. The fraction of sp³-hybridized carbons (Fsp3) is 0.0714. The third-order valence-electron chi connectivity index (χ3n) is 2.66. The Hall–Kier alpha value is -1.98. The van der Waals surface area contributed by atoms with Gasteiger partial charge in [0.15, 0.2) is 0 Å². The van der Waals surface area contributed by atoms with Gasteiger partial charge in [0.1, 0.15) is 5.15 Å². The van der Waals surface area contributed by atoms with Gasteiger partial charge in [0, 0.05) is 22.8 Å². The Bertz CT molecular complexity index is 741. The van der Waals surface area contributed by atoms with Crippen LogP contribution in [0.3, 0.4) is 0 Å². The van der Waals surface area contributed by atoms with Crippen LogP contribution in [0.2, 0.25) is 5.15 Å². The standard InChI is InChI=1S/C14H11ClN4S/c1-9-17-12(8-20-9)10-3-2-4-11(7-10)18-14-16-6-5-13(15)19-14/h2-8H,1H3,(H,16,18,19). The maximum atomic E-state index is 5.84. The van der Waals surface area contributed by atoms with E-state index in [4.69, 9.17) is 11.6 Å². The molecule has 0 unspecified atom stereocenters. The number of benzene rings is 1. The van der Waals surface area contributed by atoms with Crippen molar-refractivity contribution in [2.45, 2.75) is 6.92 Å². The van der Waals surface area contributed by atoms with Crippen LogP contribution in [0, 0.1) is 6.92 Å². The van der Waals surface area contributed by atoms with Crippen LogP contribution in [0.15, 0.2) is 41.9 Å². The number of aromatic nitrogens is 3. The van der Waals surface area contributed by atoms with Gasteiger partial charge in [0.2, 0.25) is 5.95 Å². The number of hydrogen-bond acceptors (Lipinski definition) is 5. The first-order chi connectivity index (χ1) is 9.70. The molecule has 0 radical (unpaired) electrons. The fourth-order valence-electron chi connectivity index (χ4n) is 1.78. The lowest BCUT2D eigenvalue weighted by Crippen LogP contribution is -1.96. The molecule has 0 fully saturated rings. The van der Waals surface area contributed by atoms with Gasteiger partial charge in [0.05, 0.1) is 10.7 Å². The third-order valence-corrected chi connectivity index (χ3v) is 3.64. The van der Waals surface area contributed by atoms with Crippen LogP contribution in [0.4, 0.5) is 11.6 Å². The third kappa shape index (κ3) is 2.95. The summed E-state index contributed by atoms with van der Waals surface area (Å²) in [5.41, 5.74) is 2.93. The Balaban J connectivity index is 1.88. The summed E-state index contributed by atoms with van der Waals surface area (Å²) in [7, 11) is 0. The molecule has 0 atom stereocenters. The summed E-state index contributed by atoms with van der Waals surface area (Å²) in [6.45, 7) is 2.00. The zero-order valence-electron chi connectivity index (χ0n) is 10.7. The number of halogens is 1. The van der Waals surface area contributed by atoms with E-state index < -0.39 is 0 Å². The lowest BCUT2D eigenvalue weighted by molar-refractivity contribution is 1.17. The molecule has 4 nitrogen and oxygen atoms in total. The lowest BCUT2D eigenvalue weighted by atomic mass is 10.1. The first kappa shape index (κ1) is 13.0. The SMILES string of the molecule is Cc1nc(-c2cccc(Nc3nccc(Cl)n3)c2)cs1. The van der Waals surface area contributed by atoms with Crippen LogP contribution in [-0.4, -0.2) is 15.0 Å². The number of nitrogens with one attached hydrogen (secondary N) is 1. The Morgan fingerprint density at radius 2 is 2.10 bits per heavy atom. The van der Waals surface area contributed by atoms with Crippen LogP contribution in [0.25, 0.3) is 11.3 Å². The molecule has 1 N–H and O–H groups in total. The number of hydrogen-bond donors (Lipinski definition) is 1. The number of nitrogens with zero attached hydrogens (tertiary/aromatic N) is 3. The van der Waals surface area contributed by atoms with Crippen molar-refractivity contribution in [3.05, 3.63) is 52.1 Å². The highest BCUT2D eigenvalue weighted by Crippen LogP contribution is 2.25. The van der Waals surface area contributed by atoms with Crippen LogP contribution in [0.1, 0.15) is 5.01 Å². The van der Waals surface area contributed by atoms with Crippen molar-refractivity contribution < 1.29 is 0 Å². The van der Waals surface area contributed by atoms with E-state index in [0.29, 0.717) is 11.1 Å². The molecule has 0 aliphatic carbocycles. The molecular formula is C14H11ClN4S. The molecule has 2 heterocycles. The van der Waals surface area contributed by atoms with E-state index >= 15 is 0 Å². The molecule has 3 aromatic rings. The van der Waals surface area contributed by atoms with Gasteiger partial charge in [-0.1, -0.05) is 23.7 Å². The van der Waals surface area contributed by atoms with Gasteiger partial charge in [-0.3, -0.25) is 0 Å². The van der Waals surface area contributed by atoms with Gasteiger partial charge < -0.3 is 5.32 Å². The summed E-state index contributed by atoms with van der Waals surface area (Å²) in [5.74, 6) is 0.476. The van der Waals surface area contributed by atoms with Gasteiger partial charge in [-0.2, -0.15) is 0 Å². The average molecular weight is 303 g/mol. The van der Waals surface area contributed by atoms with Crippen molar-refractivity contribution in [3.63, 3.8) is 0 Å². The first-order valence-electron chi connectivity index (χ1n) is 5.99. The second-order valence-corrected chi connectivity index (χ2v) is 5.61. The van der Waals surface area contributed by atoms with Crippen LogP contribution in [-0.2, 0) is 0 Å². The molecule has 0 aliphatic heterocycles. The minimum atomic E-state index is 0.411. The topological polar surface area (TPSA) is 50.7 Å². The van der Waals surface area contributed by atoms with E-state index in [9.17, 15) is 0 Å². The maximum absolute atomic E-state index is 5.84.